The van der Waals surface area contributed by atoms with Gasteiger partial charge in [0.25, 0.3) is 0 Å². The Morgan fingerprint density at radius 2 is 1.90 bits per heavy atom. The normalized spacial score (nSPS) is 10.3. The highest BCUT2D eigenvalue weighted by atomic mass is 35.5. The quantitative estimate of drug-likeness (QED) is 0.748. The molecule has 104 valence electrons. The van der Waals surface area contributed by atoms with Gasteiger partial charge in [0.15, 0.2) is 5.78 Å². The number of carbonyl (C=O) groups excluding carboxylic acids is 1. The molecule has 0 spiro atoms. The first-order valence-corrected chi connectivity index (χ1v) is 7.04. The smallest absolute Gasteiger partial charge is 0.197 e. The highest BCUT2D eigenvalue weighted by molar-refractivity contribution is 6.31. The Labute approximate surface area is 124 Å². The van der Waals surface area contributed by atoms with Crippen molar-refractivity contribution in [3.05, 3.63) is 64.2 Å². The van der Waals surface area contributed by atoms with Gasteiger partial charge in [-0.2, -0.15) is 0 Å². The second-order valence-electron chi connectivity index (χ2n) is 4.63. The molecule has 0 radical (unpaired) electrons. The molecular weight excluding hydrogens is 272 g/mol. The van der Waals surface area contributed by atoms with Gasteiger partial charge < -0.3 is 4.74 Å². The number of ether oxygens (including phenoxy) is 1. The minimum Gasteiger partial charge on any atom is -0.493 e. The predicted molar refractivity (Wildman–Crippen MR) is 81.8 cm³/mol. The monoisotopic (exact) mass is 288 g/mol. The second kappa shape index (κ2) is 6.58. The molecule has 3 heteroatoms. The molecule has 2 nitrogen and oxygen atoms in total. The number of para-hydroxylation sites is 1. The van der Waals surface area contributed by atoms with E-state index in [4.69, 9.17) is 16.3 Å². The number of halogens is 1. The van der Waals surface area contributed by atoms with E-state index in [9.17, 15) is 4.79 Å². The van der Waals surface area contributed by atoms with Crippen LogP contribution in [0.3, 0.4) is 0 Å². The van der Waals surface area contributed by atoms with Crippen molar-refractivity contribution in [1.29, 1.82) is 0 Å². The van der Waals surface area contributed by atoms with E-state index in [0.717, 1.165) is 12.0 Å². The molecular formula is C17H17ClO2. The van der Waals surface area contributed by atoms with Crippen LogP contribution in [0.2, 0.25) is 5.02 Å². The van der Waals surface area contributed by atoms with Crippen LogP contribution in [0.4, 0.5) is 0 Å². The van der Waals surface area contributed by atoms with Crippen LogP contribution in [0, 0.1) is 6.92 Å². The van der Waals surface area contributed by atoms with Crippen LogP contribution in [0.1, 0.15) is 34.8 Å². The van der Waals surface area contributed by atoms with Gasteiger partial charge in [-0.1, -0.05) is 36.7 Å². The zero-order valence-corrected chi connectivity index (χ0v) is 12.4. The summed E-state index contributed by atoms with van der Waals surface area (Å²) in [6.07, 6.45) is 0.902. The maximum Gasteiger partial charge on any atom is 0.197 e. The van der Waals surface area contributed by atoms with Gasteiger partial charge in [0.2, 0.25) is 0 Å². The Bertz CT molecular complexity index is 620. The first-order chi connectivity index (χ1) is 9.63. The van der Waals surface area contributed by atoms with Crippen molar-refractivity contribution in [2.75, 3.05) is 6.61 Å². The maximum absolute atomic E-state index is 12.7. The summed E-state index contributed by atoms with van der Waals surface area (Å²) in [6, 6.07) is 12.7. The molecule has 2 rings (SSSR count). The van der Waals surface area contributed by atoms with Gasteiger partial charge in [0.05, 0.1) is 12.2 Å². The molecule has 0 saturated carbocycles. The van der Waals surface area contributed by atoms with Crippen LogP contribution in [0.15, 0.2) is 42.5 Å². The topological polar surface area (TPSA) is 26.3 Å². The van der Waals surface area contributed by atoms with Gasteiger partial charge in [-0.15, -0.1) is 0 Å². The van der Waals surface area contributed by atoms with E-state index in [1.54, 1.807) is 18.2 Å². The number of ketones is 1. The summed E-state index contributed by atoms with van der Waals surface area (Å²) < 4.78 is 5.65. The fraction of sp³-hybridized carbons (Fsp3) is 0.235. The summed E-state index contributed by atoms with van der Waals surface area (Å²) >= 11 is 5.99. The van der Waals surface area contributed by atoms with Crippen molar-refractivity contribution >= 4 is 17.4 Å². The number of rotatable bonds is 5. The molecule has 0 amide bonds. The Morgan fingerprint density at radius 1 is 1.15 bits per heavy atom. The van der Waals surface area contributed by atoms with Crippen LogP contribution >= 0.6 is 11.6 Å². The predicted octanol–water partition coefficient (Wildman–Crippen LogP) is 4.67. The fourth-order valence-corrected chi connectivity index (χ4v) is 2.15. The lowest BCUT2D eigenvalue weighted by Gasteiger charge is -2.11. The Balaban J connectivity index is 2.40. The summed E-state index contributed by atoms with van der Waals surface area (Å²) in [4.78, 5) is 12.7. The number of carbonyl (C=O) groups is 1. The van der Waals surface area contributed by atoms with Crippen molar-refractivity contribution in [2.24, 2.45) is 0 Å². The van der Waals surface area contributed by atoms with E-state index in [2.05, 4.69) is 0 Å². The van der Waals surface area contributed by atoms with Gasteiger partial charge >= 0.3 is 0 Å². The largest absolute Gasteiger partial charge is 0.493 e. The summed E-state index contributed by atoms with van der Waals surface area (Å²) in [5.41, 5.74) is 2.10. The lowest BCUT2D eigenvalue weighted by atomic mass is 9.98. The third kappa shape index (κ3) is 3.20. The van der Waals surface area contributed by atoms with E-state index in [1.807, 2.05) is 38.1 Å². The molecule has 0 aliphatic rings. The molecule has 0 aliphatic heterocycles. The van der Waals surface area contributed by atoms with E-state index in [-0.39, 0.29) is 5.78 Å². The van der Waals surface area contributed by atoms with Gasteiger partial charge in [-0.05, 0) is 43.2 Å². The molecule has 2 aromatic rings. The molecule has 0 N–H and O–H groups in total. The van der Waals surface area contributed by atoms with Gasteiger partial charge in [0, 0.05) is 10.6 Å². The minimum atomic E-state index is -0.0586. The average Bonchev–Trinajstić information content (AvgIpc) is 2.47. The average molecular weight is 289 g/mol. The van der Waals surface area contributed by atoms with Crippen molar-refractivity contribution in [1.82, 2.24) is 0 Å². The third-order valence-corrected chi connectivity index (χ3v) is 3.27. The van der Waals surface area contributed by atoms with E-state index >= 15 is 0 Å². The van der Waals surface area contributed by atoms with Crippen LogP contribution in [-0.2, 0) is 0 Å². The van der Waals surface area contributed by atoms with Crippen molar-refractivity contribution in [2.45, 2.75) is 20.3 Å². The van der Waals surface area contributed by atoms with Gasteiger partial charge in [-0.3, -0.25) is 4.79 Å². The number of hydrogen-bond acceptors (Lipinski definition) is 2. The molecule has 2 aromatic carbocycles. The highest BCUT2D eigenvalue weighted by Gasteiger charge is 2.16. The van der Waals surface area contributed by atoms with Crippen LogP contribution in [0.5, 0.6) is 5.75 Å². The summed E-state index contributed by atoms with van der Waals surface area (Å²) in [6.45, 7) is 4.53. The first kappa shape index (κ1) is 14.6. The van der Waals surface area contributed by atoms with E-state index < -0.39 is 0 Å². The molecule has 0 fully saturated rings. The van der Waals surface area contributed by atoms with E-state index in [0.29, 0.717) is 28.5 Å². The van der Waals surface area contributed by atoms with E-state index in [1.165, 1.54) is 0 Å². The molecule has 0 heterocycles. The molecule has 0 aromatic heterocycles. The fourth-order valence-electron chi connectivity index (χ4n) is 1.98. The highest BCUT2D eigenvalue weighted by Crippen LogP contribution is 2.25. The molecule has 0 aliphatic carbocycles. The van der Waals surface area contributed by atoms with Gasteiger partial charge in [-0.25, -0.2) is 0 Å². The number of hydrogen-bond donors (Lipinski definition) is 0. The van der Waals surface area contributed by atoms with Crippen molar-refractivity contribution < 1.29 is 9.53 Å². The molecule has 20 heavy (non-hydrogen) atoms. The Morgan fingerprint density at radius 3 is 2.65 bits per heavy atom. The summed E-state index contributed by atoms with van der Waals surface area (Å²) in [5, 5.41) is 0.561. The minimum absolute atomic E-state index is 0.0586. The van der Waals surface area contributed by atoms with Gasteiger partial charge in [0.1, 0.15) is 5.75 Å². The van der Waals surface area contributed by atoms with Crippen LogP contribution in [-0.4, -0.2) is 12.4 Å². The summed E-state index contributed by atoms with van der Waals surface area (Å²) in [5.74, 6) is 0.565. The number of aryl methyl sites for hydroxylation is 1. The molecule has 0 unspecified atom stereocenters. The van der Waals surface area contributed by atoms with Crippen molar-refractivity contribution in [3.63, 3.8) is 0 Å². The standard InChI is InChI=1S/C17H17ClO2/c1-3-10-20-16-7-5-4-6-14(16)17(19)15-11-13(18)9-8-12(15)2/h4-9,11H,3,10H2,1-2H3. The molecule has 0 atom stereocenters. The lowest BCUT2D eigenvalue weighted by Crippen LogP contribution is -2.07. The Kier molecular flexibility index (Phi) is 4.80. The summed E-state index contributed by atoms with van der Waals surface area (Å²) in [7, 11) is 0. The number of benzene rings is 2. The third-order valence-electron chi connectivity index (χ3n) is 3.04. The Hall–Kier alpha value is -1.80. The maximum atomic E-state index is 12.7. The second-order valence-corrected chi connectivity index (χ2v) is 5.07. The first-order valence-electron chi connectivity index (χ1n) is 6.66. The SMILES string of the molecule is CCCOc1ccccc1C(=O)c1cc(Cl)ccc1C. The zero-order valence-electron chi connectivity index (χ0n) is 11.7. The van der Waals surface area contributed by atoms with Crippen LogP contribution in [0.25, 0.3) is 0 Å². The molecule has 0 bridgehead atoms. The lowest BCUT2D eigenvalue weighted by molar-refractivity contribution is 0.103. The zero-order chi connectivity index (χ0) is 14.5. The van der Waals surface area contributed by atoms with Crippen molar-refractivity contribution in [3.8, 4) is 5.75 Å². The molecule has 0 saturated heterocycles. The van der Waals surface area contributed by atoms with Crippen LogP contribution < -0.4 is 4.74 Å².